The number of hydrogen-bond acceptors (Lipinski definition) is 7. The van der Waals surface area contributed by atoms with Crippen molar-refractivity contribution in [3.63, 3.8) is 0 Å². The van der Waals surface area contributed by atoms with Crippen molar-refractivity contribution < 1.29 is 28.7 Å². The number of nitrogens with one attached hydrogen (secondary N) is 4. The van der Waals surface area contributed by atoms with E-state index in [1.165, 1.54) is 12.8 Å². The van der Waals surface area contributed by atoms with E-state index >= 15 is 0 Å². The summed E-state index contributed by atoms with van der Waals surface area (Å²) in [5.74, 6) is -2.91. The first-order valence-electron chi connectivity index (χ1n) is 13.1. The second kappa shape index (κ2) is 14.3. The minimum absolute atomic E-state index is 0.0224. The van der Waals surface area contributed by atoms with E-state index in [1.807, 2.05) is 0 Å². The Bertz CT molecular complexity index is 1010. The molecule has 1 aromatic rings. The largest absolute Gasteiger partial charge is 0.491 e. The van der Waals surface area contributed by atoms with E-state index in [4.69, 9.17) is 10.5 Å². The van der Waals surface area contributed by atoms with E-state index < -0.39 is 60.5 Å². The highest BCUT2D eigenvalue weighted by Gasteiger charge is 2.30. The van der Waals surface area contributed by atoms with E-state index in [0.717, 1.165) is 32.5 Å². The van der Waals surface area contributed by atoms with E-state index in [0.29, 0.717) is 6.54 Å². The number of carbonyl (C=O) groups excluding carboxylic acids is 5. The molecule has 1 saturated heterocycles. The SMILES string of the molecule is C[C@@H]1COc2ccccc2C(=O)N[C@H](C(=O)NCCCCN2CCCC2)CC(=O)N[C@@H](CC(N)=O)C(=O)N1. The van der Waals surface area contributed by atoms with Gasteiger partial charge in [-0.1, -0.05) is 12.1 Å². The maximum atomic E-state index is 13.1. The molecule has 0 radical (unpaired) electrons. The molecule has 3 rings (SSSR count). The highest BCUT2D eigenvalue weighted by atomic mass is 16.5. The second-order valence-corrected chi connectivity index (χ2v) is 9.78. The molecule has 1 fully saturated rings. The molecule has 0 bridgehead atoms. The number of ether oxygens (including phenoxy) is 1. The minimum Gasteiger partial charge on any atom is -0.491 e. The lowest BCUT2D eigenvalue weighted by molar-refractivity contribution is -0.133. The summed E-state index contributed by atoms with van der Waals surface area (Å²) in [5.41, 5.74) is 5.47. The van der Waals surface area contributed by atoms with Crippen LogP contribution in [0.15, 0.2) is 24.3 Å². The molecule has 0 spiro atoms. The fraction of sp³-hybridized carbons (Fsp3) is 0.577. The number of nitrogens with zero attached hydrogens (tertiary/aromatic N) is 1. The van der Waals surface area contributed by atoms with Gasteiger partial charge >= 0.3 is 0 Å². The molecule has 38 heavy (non-hydrogen) atoms. The number of likely N-dealkylation sites (tertiary alicyclic amines) is 1. The van der Waals surface area contributed by atoms with Gasteiger partial charge in [0.25, 0.3) is 5.91 Å². The van der Waals surface area contributed by atoms with Crippen molar-refractivity contribution in [2.45, 2.75) is 63.6 Å². The molecule has 0 aliphatic carbocycles. The monoisotopic (exact) mass is 530 g/mol. The number of primary amides is 1. The van der Waals surface area contributed by atoms with Crippen LogP contribution in [0.25, 0.3) is 0 Å². The molecule has 0 saturated carbocycles. The zero-order valence-corrected chi connectivity index (χ0v) is 21.8. The first kappa shape index (κ1) is 28.9. The third-order valence-electron chi connectivity index (χ3n) is 6.48. The lowest BCUT2D eigenvalue weighted by Crippen LogP contribution is -2.54. The van der Waals surface area contributed by atoms with Gasteiger partial charge in [0.15, 0.2) is 0 Å². The number of hydrogen-bond donors (Lipinski definition) is 5. The Morgan fingerprint density at radius 1 is 1.08 bits per heavy atom. The number of unbranched alkanes of at least 4 members (excludes halogenated alkanes) is 1. The average molecular weight is 531 g/mol. The van der Waals surface area contributed by atoms with Crippen LogP contribution in [-0.2, 0) is 19.2 Å². The van der Waals surface area contributed by atoms with Crippen LogP contribution < -0.4 is 31.7 Å². The molecule has 12 nitrogen and oxygen atoms in total. The van der Waals surface area contributed by atoms with Crippen LogP contribution in [-0.4, -0.2) is 85.3 Å². The maximum Gasteiger partial charge on any atom is 0.255 e. The van der Waals surface area contributed by atoms with Gasteiger partial charge in [-0.05, 0) is 64.4 Å². The van der Waals surface area contributed by atoms with Crippen molar-refractivity contribution in [1.82, 2.24) is 26.2 Å². The van der Waals surface area contributed by atoms with E-state index in [9.17, 15) is 24.0 Å². The Kier molecular flexibility index (Phi) is 10.9. The Balaban J connectivity index is 1.72. The third kappa shape index (κ3) is 9.02. The number of nitrogens with two attached hydrogens (primary N) is 1. The lowest BCUT2D eigenvalue weighted by atomic mass is 10.1. The van der Waals surface area contributed by atoms with Gasteiger partial charge < -0.3 is 36.6 Å². The summed E-state index contributed by atoms with van der Waals surface area (Å²) in [6, 6.07) is 3.56. The van der Waals surface area contributed by atoms with Gasteiger partial charge in [0.1, 0.15) is 24.4 Å². The standard InChI is InChI=1S/C26H38N6O6/c1-17-16-38-21-9-3-2-8-18(21)24(35)31-20(15-23(34)30-19(14-22(27)33)26(37)29-17)25(36)28-10-4-5-11-32-12-6-7-13-32/h2-3,8-9,17,19-20H,4-7,10-16H2,1H3,(H2,27,33)(H,28,36)(H,29,37)(H,30,34)(H,31,35)/t17-,19+,20+/m1/s1. The first-order chi connectivity index (χ1) is 18.2. The summed E-state index contributed by atoms with van der Waals surface area (Å²) in [7, 11) is 0. The molecule has 5 amide bonds. The van der Waals surface area contributed by atoms with Crippen molar-refractivity contribution in [3.05, 3.63) is 29.8 Å². The number of fused-ring (bicyclic) bond motifs is 1. The maximum absolute atomic E-state index is 13.1. The van der Waals surface area contributed by atoms with Crippen molar-refractivity contribution in [2.24, 2.45) is 5.73 Å². The summed E-state index contributed by atoms with van der Waals surface area (Å²) >= 11 is 0. The van der Waals surface area contributed by atoms with Crippen LogP contribution in [0.3, 0.4) is 0 Å². The quantitative estimate of drug-likeness (QED) is 0.280. The zero-order chi connectivity index (χ0) is 27.5. The number of benzene rings is 1. The Morgan fingerprint density at radius 2 is 1.82 bits per heavy atom. The predicted molar refractivity (Wildman–Crippen MR) is 139 cm³/mol. The Hall–Kier alpha value is -3.67. The van der Waals surface area contributed by atoms with Crippen molar-refractivity contribution >= 4 is 29.5 Å². The molecule has 0 unspecified atom stereocenters. The number of para-hydroxylation sites is 1. The molecule has 208 valence electrons. The number of carbonyl (C=O) groups is 5. The van der Waals surface area contributed by atoms with Gasteiger partial charge in [-0.15, -0.1) is 0 Å². The summed E-state index contributed by atoms with van der Waals surface area (Å²) in [6.07, 6.45) is 3.25. The minimum atomic E-state index is -1.23. The molecule has 0 aromatic heterocycles. The van der Waals surface area contributed by atoms with Crippen LogP contribution in [0.5, 0.6) is 5.75 Å². The van der Waals surface area contributed by atoms with Crippen molar-refractivity contribution in [2.75, 3.05) is 32.8 Å². The third-order valence-corrected chi connectivity index (χ3v) is 6.48. The van der Waals surface area contributed by atoms with E-state index in [1.54, 1.807) is 31.2 Å². The normalized spacial score (nSPS) is 23.2. The highest BCUT2D eigenvalue weighted by Crippen LogP contribution is 2.19. The lowest BCUT2D eigenvalue weighted by Gasteiger charge is -2.24. The van der Waals surface area contributed by atoms with E-state index in [-0.39, 0.29) is 17.9 Å². The van der Waals surface area contributed by atoms with Gasteiger partial charge in [0, 0.05) is 6.54 Å². The highest BCUT2D eigenvalue weighted by molar-refractivity contribution is 6.01. The molecule has 12 heteroatoms. The molecule has 3 atom stereocenters. The number of rotatable bonds is 8. The Labute approximate surface area is 222 Å². The number of amides is 5. The molecular weight excluding hydrogens is 492 g/mol. The van der Waals surface area contributed by atoms with E-state index in [2.05, 4.69) is 26.2 Å². The molecule has 2 heterocycles. The van der Waals surface area contributed by atoms with Gasteiger partial charge in [-0.25, -0.2) is 0 Å². The van der Waals surface area contributed by atoms with Crippen molar-refractivity contribution in [3.8, 4) is 5.75 Å². The summed E-state index contributed by atoms with van der Waals surface area (Å²) < 4.78 is 5.77. The van der Waals surface area contributed by atoms with Crippen LogP contribution in [0.2, 0.25) is 0 Å². The molecule has 6 N–H and O–H groups in total. The van der Waals surface area contributed by atoms with Crippen LogP contribution >= 0.6 is 0 Å². The van der Waals surface area contributed by atoms with Gasteiger partial charge in [0.05, 0.1) is 24.4 Å². The summed E-state index contributed by atoms with van der Waals surface area (Å²) in [5, 5.41) is 10.6. The fourth-order valence-corrected chi connectivity index (χ4v) is 4.48. The molecule has 2 aliphatic heterocycles. The summed E-state index contributed by atoms with van der Waals surface area (Å²) in [4.78, 5) is 65.7. The molecule has 1 aromatic carbocycles. The van der Waals surface area contributed by atoms with Gasteiger partial charge in [-0.3, -0.25) is 24.0 Å². The topological polar surface area (TPSA) is 172 Å². The van der Waals surface area contributed by atoms with Crippen LogP contribution in [0, 0.1) is 0 Å². The van der Waals surface area contributed by atoms with Crippen LogP contribution in [0.1, 0.15) is 55.8 Å². The average Bonchev–Trinajstić information content (AvgIpc) is 3.39. The molecule has 2 aliphatic rings. The van der Waals surface area contributed by atoms with Gasteiger partial charge in [0.2, 0.25) is 23.6 Å². The fourth-order valence-electron chi connectivity index (χ4n) is 4.48. The molecular formula is C26H38N6O6. The van der Waals surface area contributed by atoms with Crippen LogP contribution in [0.4, 0.5) is 0 Å². The Morgan fingerprint density at radius 3 is 2.55 bits per heavy atom. The van der Waals surface area contributed by atoms with Gasteiger partial charge in [-0.2, -0.15) is 0 Å². The second-order valence-electron chi connectivity index (χ2n) is 9.78. The predicted octanol–water partition coefficient (Wildman–Crippen LogP) is -0.575. The zero-order valence-electron chi connectivity index (χ0n) is 21.8. The smallest absolute Gasteiger partial charge is 0.255 e. The first-order valence-corrected chi connectivity index (χ1v) is 13.1. The summed E-state index contributed by atoms with van der Waals surface area (Å²) in [6.45, 7) is 5.28. The van der Waals surface area contributed by atoms with Crippen molar-refractivity contribution in [1.29, 1.82) is 0 Å².